The number of rotatable bonds is 6. The monoisotopic (exact) mass is 442 g/mol. The lowest BCUT2D eigenvalue weighted by Gasteiger charge is -2.28. The maximum Gasteiger partial charge on any atom is 0.229 e. The van der Waals surface area contributed by atoms with E-state index in [9.17, 15) is 0 Å². The molecule has 0 aliphatic carbocycles. The molecule has 4 aromatic rings. The van der Waals surface area contributed by atoms with Crippen LogP contribution in [-0.4, -0.2) is 44.3 Å². The van der Waals surface area contributed by atoms with E-state index in [0.717, 1.165) is 54.3 Å². The first kappa shape index (κ1) is 21.4. The summed E-state index contributed by atoms with van der Waals surface area (Å²) in [6.07, 6.45) is 2.89. The van der Waals surface area contributed by atoms with Crippen molar-refractivity contribution in [2.45, 2.75) is 26.8 Å². The van der Waals surface area contributed by atoms with Crippen molar-refractivity contribution in [3.05, 3.63) is 64.8 Å². The van der Waals surface area contributed by atoms with Gasteiger partial charge < -0.3 is 16.4 Å². The summed E-state index contributed by atoms with van der Waals surface area (Å²) in [6.45, 7) is 7.79. The average Bonchev–Trinajstić information content (AvgIpc) is 3.11. The molecule has 1 aliphatic heterocycles. The van der Waals surface area contributed by atoms with E-state index < -0.39 is 0 Å². The zero-order valence-electron chi connectivity index (χ0n) is 19.4. The van der Waals surface area contributed by atoms with Gasteiger partial charge in [-0.25, -0.2) is 9.67 Å². The molecule has 0 saturated heterocycles. The molecule has 170 valence electrons. The van der Waals surface area contributed by atoms with Gasteiger partial charge in [0.15, 0.2) is 11.5 Å². The van der Waals surface area contributed by atoms with Gasteiger partial charge in [0.1, 0.15) is 0 Å². The molecule has 0 atom stereocenters. The van der Waals surface area contributed by atoms with Crippen molar-refractivity contribution < 1.29 is 0 Å². The van der Waals surface area contributed by atoms with Gasteiger partial charge in [0.05, 0.1) is 5.39 Å². The molecule has 3 heterocycles. The van der Waals surface area contributed by atoms with Crippen molar-refractivity contribution >= 4 is 34.2 Å². The number of aryl methyl sites for hydroxylation is 3. The lowest BCUT2D eigenvalue weighted by molar-refractivity contribution is 0.261. The van der Waals surface area contributed by atoms with E-state index in [-0.39, 0.29) is 0 Å². The number of nitrogens with one attached hydrogen (secondary N) is 2. The van der Waals surface area contributed by atoms with Crippen LogP contribution in [0.5, 0.6) is 0 Å². The largest absolute Gasteiger partial charge is 0.338 e. The molecule has 8 nitrogen and oxygen atoms in total. The van der Waals surface area contributed by atoms with E-state index in [4.69, 9.17) is 10.7 Å². The van der Waals surface area contributed by atoms with Crippen LogP contribution in [0.15, 0.2) is 42.6 Å². The Morgan fingerprint density at radius 2 is 1.88 bits per heavy atom. The van der Waals surface area contributed by atoms with Gasteiger partial charge in [0, 0.05) is 50.8 Å². The first-order valence-corrected chi connectivity index (χ1v) is 11.4. The van der Waals surface area contributed by atoms with E-state index in [0.29, 0.717) is 12.5 Å². The fourth-order valence-electron chi connectivity index (χ4n) is 4.52. The molecular weight excluding hydrogens is 412 g/mol. The van der Waals surface area contributed by atoms with Gasteiger partial charge in [-0.1, -0.05) is 24.3 Å². The fourth-order valence-corrected chi connectivity index (χ4v) is 4.52. The Balaban J connectivity index is 1.40. The molecule has 0 radical (unpaired) electrons. The van der Waals surface area contributed by atoms with Gasteiger partial charge in [0.25, 0.3) is 0 Å². The van der Waals surface area contributed by atoms with Gasteiger partial charge >= 0.3 is 0 Å². The van der Waals surface area contributed by atoms with Crippen molar-refractivity contribution in [3.63, 3.8) is 0 Å². The Hall–Kier alpha value is -3.49. The highest BCUT2D eigenvalue weighted by atomic mass is 15.3. The lowest BCUT2D eigenvalue weighted by atomic mass is 9.99. The summed E-state index contributed by atoms with van der Waals surface area (Å²) in [5.74, 6) is 1.31. The summed E-state index contributed by atoms with van der Waals surface area (Å²) in [5.41, 5.74) is 13.6. The van der Waals surface area contributed by atoms with Crippen molar-refractivity contribution in [1.82, 2.24) is 24.6 Å². The predicted octanol–water partition coefficient (Wildman–Crippen LogP) is 3.78. The molecule has 0 saturated carbocycles. The maximum atomic E-state index is 5.75. The normalized spacial score (nSPS) is 13.8. The first-order valence-electron chi connectivity index (χ1n) is 11.4. The summed E-state index contributed by atoms with van der Waals surface area (Å²) in [6, 6.07) is 12.7. The molecule has 5 rings (SSSR count). The number of benzene rings is 2. The van der Waals surface area contributed by atoms with Crippen LogP contribution in [-0.2, 0) is 20.0 Å². The van der Waals surface area contributed by atoms with E-state index >= 15 is 0 Å². The van der Waals surface area contributed by atoms with Crippen LogP contribution in [0, 0.1) is 13.8 Å². The number of anilines is 4. The van der Waals surface area contributed by atoms with Crippen LogP contribution < -0.4 is 16.4 Å². The number of aromatic nitrogens is 4. The second-order valence-corrected chi connectivity index (χ2v) is 8.72. The Morgan fingerprint density at radius 3 is 2.67 bits per heavy atom. The number of nitrogens with zero attached hydrogens (tertiary/aromatic N) is 5. The predicted molar refractivity (Wildman–Crippen MR) is 133 cm³/mol. The summed E-state index contributed by atoms with van der Waals surface area (Å²) < 4.78 is 1.79. The standard InChI is InChI=1S/C25H30N8/c1-16-5-4-6-17(2)22(16)29-23-21-14-27-25(30-24(21)32(3)31-23)28-20-8-7-18-9-11-33(12-10-26)15-19(18)13-20/h4-8,13-14H,9-12,15,26H2,1-3H3,(H,29,31)(H,27,28,30). The third-order valence-corrected chi connectivity index (χ3v) is 6.30. The van der Waals surface area contributed by atoms with Gasteiger partial charge in [-0.05, 0) is 54.7 Å². The van der Waals surface area contributed by atoms with Gasteiger partial charge in [-0.3, -0.25) is 4.90 Å². The zero-order chi connectivity index (χ0) is 22.9. The molecule has 0 spiro atoms. The minimum atomic E-state index is 0.554. The summed E-state index contributed by atoms with van der Waals surface area (Å²) in [7, 11) is 1.90. The SMILES string of the molecule is Cc1cccc(C)c1Nc1nn(C)c2nc(Nc3ccc4c(c3)CN(CCN)CC4)ncc12. The fraction of sp³-hybridized carbons (Fsp3) is 0.320. The van der Waals surface area contributed by atoms with Crippen LogP contribution in [0.25, 0.3) is 11.0 Å². The molecule has 0 fully saturated rings. The third-order valence-electron chi connectivity index (χ3n) is 6.30. The molecule has 0 bridgehead atoms. The van der Waals surface area contributed by atoms with Crippen LogP contribution in [0.2, 0.25) is 0 Å². The minimum absolute atomic E-state index is 0.554. The van der Waals surface area contributed by atoms with Crippen LogP contribution >= 0.6 is 0 Å². The van der Waals surface area contributed by atoms with E-state index in [1.807, 2.05) is 13.2 Å². The lowest BCUT2D eigenvalue weighted by Crippen LogP contribution is -2.34. The molecule has 2 aromatic carbocycles. The van der Waals surface area contributed by atoms with Crippen molar-refractivity contribution in [3.8, 4) is 0 Å². The number of fused-ring (bicyclic) bond motifs is 2. The highest BCUT2D eigenvalue weighted by Gasteiger charge is 2.17. The van der Waals surface area contributed by atoms with E-state index in [2.05, 4.69) is 75.9 Å². The summed E-state index contributed by atoms with van der Waals surface area (Å²) >= 11 is 0. The molecule has 33 heavy (non-hydrogen) atoms. The van der Waals surface area contributed by atoms with Crippen LogP contribution in [0.1, 0.15) is 22.3 Å². The molecular formula is C25H30N8. The topological polar surface area (TPSA) is 96.9 Å². The maximum absolute atomic E-state index is 5.75. The molecule has 1 aliphatic rings. The quantitative estimate of drug-likeness (QED) is 0.418. The van der Waals surface area contributed by atoms with E-state index in [1.165, 1.54) is 22.3 Å². The molecule has 0 amide bonds. The van der Waals surface area contributed by atoms with E-state index in [1.54, 1.807) is 4.68 Å². The second kappa shape index (κ2) is 8.80. The van der Waals surface area contributed by atoms with Crippen LogP contribution in [0.4, 0.5) is 23.1 Å². The number of hydrogen-bond donors (Lipinski definition) is 3. The summed E-state index contributed by atoms with van der Waals surface area (Å²) in [4.78, 5) is 11.7. The minimum Gasteiger partial charge on any atom is -0.338 e. The molecule has 2 aromatic heterocycles. The first-order chi connectivity index (χ1) is 16.0. The Kier molecular flexibility index (Phi) is 5.70. The number of hydrogen-bond acceptors (Lipinski definition) is 7. The summed E-state index contributed by atoms with van der Waals surface area (Å²) in [5, 5.41) is 12.4. The highest BCUT2D eigenvalue weighted by molar-refractivity contribution is 5.90. The van der Waals surface area contributed by atoms with Gasteiger partial charge in [-0.15, -0.1) is 0 Å². The Bertz CT molecular complexity index is 1290. The van der Waals surface area contributed by atoms with Crippen molar-refractivity contribution in [2.24, 2.45) is 12.8 Å². The van der Waals surface area contributed by atoms with Crippen molar-refractivity contribution in [2.75, 3.05) is 30.3 Å². The zero-order valence-corrected chi connectivity index (χ0v) is 19.4. The smallest absolute Gasteiger partial charge is 0.229 e. The second-order valence-electron chi connectivity index (χ2n) is 8.72. The van der Waals surface area contributed by atoms with Crippen molar-refractivity contribution in [1.29, 1.82) is 0 Å². The number of para-hydroxylation sites is 1. The van der Waals surface area contributed by atoms with Gasteiger partial charge in [-0.2, -0.15) is 10.1 Å². The number of nitrogens with two attached hydrogens (primary N) is 1. The molecule has 0 unspecified atom stereocenters. The molecule has 8 heteroatoms. The molecule has 4 N–H and O–H groups in total. The Labute approximate surface area is 193 Å². The third kappa shape index (κ3) is 4.27. The average molecular weight is 443 g/mol. The Morgan fingerprint density at radius 1 is 1.06 bits per heavy atom. The highest BCUT2D eigenvalue weighted by Crippen LogP contribution is 2.29. The van der Waals surface area contributed by atoms with Gasteiger partial charge in [0.2, 0.25) is 5.95 Å². The van der Waals surface area contributed by atoms with Crippen LogP contribution in [0.3, 0.4) is 0 Å².